The fourth-order valence-electron chi connectivity index (χ4n) is 4.70. The zero-order valence-corrected chi connectivity index (χ0v) is 23.5. The molecule has 0 aliphatic carbocycles. The monoisotopic (exact) mass is 644 g/mol. The number of nitrogens with zero attached hydrogens (tertiary/aromatic N) is 4. The molecule has 210 valence electrons. The third kappa shape index (κ3) is 6.06. The zero-order chi connectivity index (χ0) is 29.3. The van der Waals surface area contributed by atoms with Crippen molar-refractivity contribution in [2.24, 2.45) is 0 Å². The first-order valence-corrected chi connectivity index (χ1v) is 13.6. The van der Waals surface area contributed by atoms with Gasteiger partial charge in [-0.15, -0.1) is 0 Å². The predicted octanol–water partition coefficient (Wildman–Crippen LogP) is 6.01. The molecule has 0 unspecified atom stereocenters. The fourth-order valence-corrected chi connectivity index (χ4v) is 5.06. The van der Waals surface area contributed by atoms with Crippen LogP contribution in [0.3, 0.4) is 0 Å². The molecule has 2 amide bonds. The number of carbonyl (C=O) groups excluding carboxylic acids is 2. The summed E-state index contributed by atoms with van der Waals surface area (Å²) in [5, 5.41) is 0.479. The highest BCUT2D eigenvalue weighted by molar-refractivity contribution is 9.10. The van der Waals surface area contributed by atoms with Crippen molar-refractivity contribution in [2.45, 2.75) is 12.2 Å². The summed E-state index contributed by atoms with van der Waals surface area (Å²) >= 11 is 9.37. The first-order valence-electron chi connectivity index (χ1n) is 12.4. The summed E-state index contributed by atoms with van der Waals surface area (Å²) in [4.78, 5) is 47.1. The van der Waals surface area contributed by atoms with E-state index in [-0.39, 0.29) is 42.5 Å². The number of piperazine rings is 1. The maximum atomic E-state index is 13.9. The number of benzene rings is 2. The van der Waals surface area contributed by atoms with E-state index in [0.717, 1.165) is 10.8 Å². The van der Waals surface area contributed by atoms with E-state index >= 15 is 0 Å². The molecule has 1 saturated heterocycles. The fraction of sp³-hybridized carbons (Fsp3) is 0.172. The van der Waals surface area contributed by atoms with Crippen LogP contribution in [0.25, 0.3) is 5.69 Å². The van der Waals surface area contributed by atoms with Crippen molar-refractivity contribution in [1.29, 1.82) is 0 Å². The van der Waals surface area contributed by atoms with E-state index < -0.39 is 29.2 Å². The van der Waals surface area contributed by atoms with Crippen LogP contribution >= 0.6 is 27.5 Å². The van der Waals surface area contributed by atoms with Crippen LogP contribution in [0.4, 0.5) is 13.2 Å². The molecule has 1 fully saturated rings. The summed E-state index contributed by atoms with van der Waals surface area (Å²) in [6, 6.07) is 17.8. The van der Waals surface area contributed by atoms with Crippen molar-refractivity contribution in [3.63, 3.8) is 0 Å². The van der Waals surface area contributed by atoms with Crippen molar-refractivity contribution in [3.8, 4) is 5.69 Å². The van der Waals surface area contributed by atoms with Gasteiger partial charge in [0.25, 0.3) is 17.4 Å². The number of para-hydroxylation sites is 1. The maximum absolute atomic E-state index is 13.9. The molecule has 1 aliphatic rings. The molecule has 3 heterocycles. The number of alkyl halides is 3. The minimum Gasteiger partial charge on any atom is -0.334 e. The first-order chi connectivity index (χ1) is 19.5. The summed E-state index contributed by atoms with van der Waals surface area (Å²) < 4.78 is 43.1. The molecule has 0 spiro atoms. The second-order valence-electron chi connectivity index (χ2n) is 9.33. The number of hydrogen-bond acceptors (Lipinski definition) is 4. The minimum absolute atomic E-state index is 0.00541. The number of amides is 2. The standard InChI is InChI=1S/C29H21BrClF3N4O3/c30-20-8-11-24(35-15-20)28(41)37-13-12-36(17-25(37)18-6-9-21(31)10-7-18)26(39)19-14-23(29(32,33)34)27(40)38(16-19)22-4-2-1-3-5-22/h1-11,14-16,25H,12-13,17H2/t25-/m0/s1. The minimum atomic E-state index is -4.97. The van der Waals surface area contributed by atoms with E-state index in [1.165, 1.54) is 23.2 Å². The number of rotatable bonds is 4. The first kappa shape index (κ1) is 28.6. The van der Waals surface area contributed by atoms with Crippen LogP contribution in [-0.2, 0) is 6.18 Å². The van der Waals surface area contributed by atoms with Crippen molar-refractivity contribution < 1.29 is 22.8 Å². The topological polar surface area (TPSA) is 75.5 Å². The summed E-state index contributed by atoms with van der Waals surface area (Å²) in [6.07, 6.45) is -2.35. The molecule has 41 heavy (non-hydrogen) atoms. The molecule has 2 aromatic carbocycles. The number of hydrogen-bond donors (Lipinski definition) is 0. The molecule has 0 saturated carbocycles. The highest BCUT2D eigenvalue weighted by atomic mass is 79.9. The van der Waals surface area contributed by atoms with Gasteiger partial charge in [-0.1, -0.05) is 41.9 Å². The van der Waals surface area contributed by atoms with Crippen LogP contribution in [0.5, 0.6) is 0 Å². The quantitative estimate of drug-likeness (QED) is 0.273. The van der Waals surface area contributed by atoms with Crippen LogP contribution in [0.2, 0.25) is 5.02 Å². The molecule has 0 radical (unpaired) electrons. The lowest BCUT2D eigenvalue weighted by Crippen LogP contribution is -2.52. The smallest absolute Gasteiger partial charge is 0.334 e. The second-order valence-corrected chi connectivity index (χ2v) is 10.7. The summed E-state index contributed by atoms with van der Waals surface area (Å²) in [6.45, 7) is 0.144. The van der Waals surface area contributed by atoms with Gasteiger partial charge in [0.15, 0.2) is 0 Å². The number of aromatic nitrogens is 2. The highest BCUT2D eigenvalue weighted by Crippen LogP contribution is 2.31. The van der Waals surface area contributed by atoms with Gasteiger partial charge in [-0.05, 0) is 64.0 Å². The Balaban J connectivity index is 1.52. The molecule has 0 N–H and O–H groups in total. The van der Waals surface area contributed by atoms with E-state index in [4.69, 9.17) is 11.6 Å². The van der Waals surface area contributed by atoms with Crippen molar-refractivity contribution in [3.05, 3.63) is 127 Å². The van der Waals surface area contributed by atoms with Gasteiger partial charge in [-0.3, -0.25) is 19.0 Å². The Morgan fingerprint density at radius 1 is 0.951 bits per heavy atom. The number of halogens is 5. The molecule has 5 rings (SSSR count). The molecular formula is C29H21BrClF3N4O3. The van der Waals surface area contributed by atoms with Crippen LogP contribution in [0.15, 0.2) is 94.5 Å². The van der Waals surface area contributed by atoms with Gasteiger partial charge in [0.05, 0.1) is 11.6 Å². The van der Waals surface area contributed by atoms with Crippen LogP contribution in [-0.4, -0.2) is 50.8 Å². The molecule has 0 bridgehead atoms. The average Bonchev–Trinajstić information content (AvgIpc) is 2.97. The van der Waals surface area contributed by atoms with E-state index in [2.05, 4.69) is 20.9 Å². The summed E-state index contributed by atoms with van der Waals surface area (Å²) in [5.74, 6) is -1.06. The number of carbonyl (C=O) groups is 2. The lowest BCUT2D eigenvalue weighted by Gasteiger charge is -2.41. The molecular weight excluding hydrogens is 625 g/mol. The van der Waals surface area contributed by atoms with Crippen LogP contribution in [0.1, 0.15) is 38.0 Å². The van der Waals surface area contributed by atoms with Gasteiger partial charge in [-0.2, -0.15) is 13.2 Å². The van der Waals surface area contributed by atoms with Crippen molar-refractivity contribution in [2.75, 3.05) is 19.6 Å². The van der Waals surface area contributed by atoms with Gasteiger partial charge >= 0.3 is 6.18 Å². The Kier molecular flexibility index (Phi) is 8.01. The molecule has 12 heteroatoms. The van der Waals surface area contributed by atoms with Crippen LogP contribution in [0, 0.1) is 0 Å². The average molecular weight is 646 g/mol. The van der Waals surface area contributed by atoms with Crippen molar-refractivity contribution >= 4 is 39.3 Å². The normalized spacial score (nSPS) is 15.6. The third-order valence-corrected chi connectivity index (χ3v) is 7.45. The molecule has 2 aromatic heterocycles. The van der Waals surface area contributed by atoms with E-state index in [0.29, 0.717) is 21.1 Å². The van der Waals surface area contributed by atoms with Gasteiger partial charge in [0, 0.05) is 47.2 Å². The summed E-state index contributed by atoms with van der Waals surface area (Å²) in [5.41, 5.74) is -1.95. The van der Waals surface area contributed by atoms with Crippen LogP contribution < -0.4 is 5.56 Å². The Hall–Kier alpha value is -3.96. The lowest BCUT2D eigenvalue weighted by molar-refractivity contribution is -0.138. The lowest BCUT2D eigenvalue weighted by atomic mass is 10.0. The zero-order valence-electron chi connectivity index (χ0n) is 21.2. The van der Waals surface area contributed by atoms with Gasteiger partial charge in [-0.25, -0.2) is 4.98 Å². The number of pyridine rings is 2. The molecule has 7 nitrogen and oxygen atoms in total. The maximum Gasteiger partial charge on any atom is 0.421 e. The molecule has 1 aliphatic heterocycles. The van der Waals surface area contributed by atoms with E-state index in [9.17, 15) is 27.6 Å². The van der Waals surface area contributed by atoms with E-state index in [1.54, 1.807) is 59.5 Å². The SMILES string of the molecule is O=C(c1cc(C(F)(F)F)c(=O)n(-c2ccccc2)c1)N1CCN(C(=O)c2ccc(Br)cn2)[C@H](c2ccc(Cl)cc2)C1. The second kappa shape index (κ2) is 11.5. The largest absolute Gasteiger partial charge is 0.421 e. The van der Waals surface area contributed by atoms with Gasteiger partial charge in [0.1, 0.15) is 11.3 Å². The Morgan fingerprint density at radius 3 is 2.29 bits per heavy atom. The van der Waals surface area contributed by atoms with Gasteiger partial charge in [0.2, 0.25) is 0 Å². The van der Waals surface area contributed by atoms with E-state index in [1.807, 2.05) is 0 Å². The highest BCUT2D eigenvalue weighted by Gasteiger charge is 2.38. The Bertz CT molecular complexity index is 1650. The van der Waals surface area contributed by atoms with Gasteiger partial charge < -0.3 is 9.80 Å². The molecule has 4 aromatic rings. The molecule has 1 atom stereocenters. The van der Waals surface area contributed by atoms with Crippen molar-refractivity contribution in [1.82, 2.24) is 19.4 Å². The Morgan fingerprint density at radius 2 is 1.66 bits per heavy atom. The summed E-state index contributed by atoms with van der Waals surface area (Å²) in [7, 11) is 0. The Labute approximate surface area is 245 Å². The predicted molar refractivity (Wildman–Crippen MR) is 150 cm³/mol. The third-order valence-electron chi connectivity index (χ3n) is 6.73.